The Bertz CT molecular complexity index is 839. The van der Waals surface area contributed by atoms with Crippen molar-refractivity contribution in [2.75, 3.05) is 26.3 Å². The second-order valence-electron chi connectivity index (χ2n) is 8.67. The number of nitrogens with one attached hydrogen (secondary N) is 1. The highest BCUT2D eigenvalue weighted by molar-refractivity contribution is 5.98. The van der Waals surface area contributed by atoms with Crippen LogP contribution >= 0.6 is 0 Å². The van der Waals surface area contributed by atoms with Crippen LogP contribution in [0.3, 0.4) is 0 Å². The van der Waals surface area contributed by atoms with Crippen molar-refractivity contribution in [2.24, 2.45) is 11.8 Å². The number of amides is 1. The van der Waals surface area contributed by atoms with E-state index in [0.717, 1.165) is 0 Å². The number of carbonyl (C=O) groups excluding carboxylic acids is 2. The van der Waals surface area contributed by atoms with Crippen LogP contribution in [0.25, 0.3) is 0 Å². The van der Waals surface area contributed by atoms with Gasteiger partial charge in [-0.2, -0.15) is 5.26 Å². The van der Waals surface area contributed by atoms with Gasteiger partial charge in [0, 0.05) is 11.5 Å². The van der Waals surface area contributed by atoms with Gasteiger partial charge in [0.05, 0.1) is 12.1 Å². The Morgan fingerprint density at radius 3 is 2.40 bits per heavy atom. The summed E-state index contributed by atoms with van der Waals surface area (Å²) in [5.41, 5.74) is -0.247. The van der Waals surface area contributed by atoms with Crippen LogP contribution < -0.4 is 14.8 Å². The molecule has 1 fully saturated rings. The third kappa shape index (κ3) is 4.59. The van der Waals surface area contributed by atoms with Gasteiger partial charge in [0.15, 0.2) is 17.3 Å². The lowest BCUT2D eigenvalue weighted by Crippen LogP contribution is -2.56. The summed E-state index contributed by atoms with van der Waals surface area (Å²) in [6.07, 6.45) is 1.40. The van der Waals surface area contributed by atoms with E-state index < -0.39 is 5.54 Å². The minimum absolute atomic E-state index is 0.00741. The highest BCUT2D eigenvalue weighted by Crippen LogP contribution is 2.32. The number of nitriles is 1. The van der Waals surface area contributed by atoms with E-state index in [-0.39, 0.29) is 29.6 Å². The van der Waals surface area contributed by atoms with Crippen LogP contribution in [0, 0.1) is 23.2 Å². The molecule has 0 unspecified atom stereocenters. The highest BCUT2D eigenvalue weighted by atomic mass is 16.6. The summed E-state index contributed by atoms with van der Waals surface area (Å²) in [5.74, 6) is 1.20. The predicted octanol–water partition coefficient (Wildman–Crippen LogP) is 2.80. The smallest absolute Gasteiger partial charge is 0.238 e. The molecule has 0 aromatic heterocycles. The van der Waals surface area contributed by atoms with Gasteiger partial charge in [-0.25, -0.2) is 0 Å². The quantitative estimate of drug-likeness (QED) is 0.721. The van der Waals surface area contributed by atoms with Crippen LogP contribution in [0.2, 0.25) is 0 Å². The van der Waals surface area contributed by atoms with E-state index in [9.17, 15) is 14.9 Å². The van der Waals surface area contributed by atoms with E-state index >= 15 is 0 Å². The maximum absolute atomic E-state index is 13.0. The van der Waals surface area contributed by atoms with Crippen LogP contribution in [-0.4, -0.2) is 54.5 Å². The molecule has 1 saturated heterocycles. The van der Waals surface area contributed by atoms with Gasteiger partial charge in [-0.05, 0) is 63.9 Å². The van der Waals surface area contributed by atoms with Crippen molar-refractivity contribution >= 4 is 11.7 Å². The van der Waals surface area contributed by atoms with Gasteiger partial charge in [0.25, 0.3) is 0 Å². The molecule has 0 bridgehead atoms. The van der Waals surface area contributed by atoms with E-state index in [1.807, 2.05) is 20.8 Å². The molecule has 1 amide bonds. The van der Waals surface area contributed by atoms with Crippen molar-refractivity contribution in [3.05, 3.63) is 23.8 Å². The molecule has 0 radical (unpaired) electrons. The van der Waals surface area contributed by atoms with Crippen molar-refractivity contribution in [3.8, 4) is 17.6 Å². The number of hydrogen-bond donors (Lipinski definition) is 1. The fraction of sp³-hybridized carbons (Fsp3) is 0.609. The Hall–Kier alpha value is -2.59. The molecule has 2 heterocycles. The number of likely N-dealkylation sites (tertiary alicyclic amines) is 1. The third-order valence-corrected chi connectivity index (χ3v) is 6.42. The third-order valence-electron chi connectivity index (χ3n) is 6.42. The number of ketones is 1. The molecule has 1 aromatic rings. The first-order valence-corrected chi connectivity index (χ1v) is 10.7. The SMILES string of the molecule is CC(C)[C@](C)(C#N)NC(=O)[C@H](C)N1CCC(C(=O)c2ccc3c(c2)OCCO3)CC1. The van der Waals surface area contributed by atoms with E-state index in [2.05, 4.69) is 16.3 Å². The van der Waals surface area contributed by atoms with Gasteiger partial charge in [0.2, 0.25) is 5.91 Å². The van der Waals surface area contributed by atoms with Crippen LogP contribution in [0.1, 0.15) is 50.9 Å². The summed E-state index contributed by atoms with van der Waals surface area (Å²) in [5, 5.41) is 12.3. The average molecular weight is 414 g/mol. The van der Waals surface area contributed by atoms with E-state index in [1.54, 1.807) is 25.1 Å². The normalized spacial score (nSPS) is 20.1. The van der Waals surface area contributed by atoms with Gasteiger partial charge in [0.1, 0.15) is 18.8 Å². The summed E-state index contributed by atoms with van der Waals surface area (Å²) < 4.78 is 11.1. The largest absolute Gasteiger partial charge is 0.486 e. The summed E-state index contributed by atoms with van der Waals surface area (Å²) in [6.45, 7) is 9.80. The lowest BCUT2D eigenvalue weighted by molar-refractivity contribution is -0.128. The summed E-state index contributed by atoms with van der Waals surface area (Å²) in [7, 11) is 0. The second kappa shape index (κ2) is 9.05. The molecule has 7 nitrogen and oxygen atoms in total. The van der Waals surface area contributed by atoms with E-state index in [1.165, 1.54) is 0 Å². The number of Topliss-reactive ketones (excluding diaryl/α,β-unsaturated/α-hetero) is 1. The number of fused-ring (bicyclic) bond motifs is 1. The Morgan fingerprint density at radius 2 is 1.80 bits per heavy atom. The van der Waals surface area contributed by atoms with Crippen LogP contribution in [0.15, 0.2) is 18.2 Å². The Kier molecular flexibility index (Phi) is 6.67. The van der Waals surface area contributed by atoms with Gasteiger partial charge < -0.3 is 14.8 Å². The number of rotatable bonds is 6. The predicted molar refractivity (Wildman–Crippen MR) is 113 cm³/mol. The molecule has 1 N–H and O–H groups in total. The summed E-state index contributed by atoms with van der Waals surface area (Å²) in [4.78, 5) is 27.7. The molecular formula is C23H31N3O4. The average Bonchev–Trinajstić information content (AvgIpc) is 2.77. The standard InChI is InChI=1S/C23H31N3O4/c1-15(2)23(4,14-24)25-22(28)16(3)26-9-7-17(8-10-26)21(27)18-5-6-19-20(13-18)30-12-11-29-19/h5-6,13,15-17H,7-12H2,1-4H3,(H,25,28)/t16-,23-/m0/s1. The first-order chi connectivity index (χ1) is 14.2. The zero-order chi connectivity index (χ0) is 21.9. The number of benzene rings is 1. The molecule has 30 heavy (non-hydrogen) atoms. The van der Waals surface area contributed by atoms with Gasteiger partial charge in [-0.1, -0.05) is 13.8 Å². The molecule has 0 spiro atoms. The van der Waals surface area contributed by atoms with Gasteiger partial charge in [-0.3, -0.25) is 14.5 Å². The lowest BCUT2D eigenvalue weighted by atomic mass is 9.87. The summed E-state index contributed by atoms with van der Waals surface area (Å²) in [6, 6.07) is 7.23. The molecule has 3 rings (SSSR count). The Labute approximate surface area is 178 Å². The van der Waals surface area contributed by atoms with Crippen molar-refractivity contribution in [1.29, 1.82) is 5.26 Å². The molecule has 7 heteroatoms. The summed E-state index contributed by atoms with van der Waals surface area (Å²) >= 11 is 0. The fourth-order valence-corrected chi connectivity index (χ4v) is 3.81. The van der Waals surface area contributed by atoms with Gasteiger partial charge >= 0.3 is 0 Å². The maximum Gasteiger partial charge on any atom is 0.238 e. The van der Waals surface area contributed by atoms with E-state index in [4.69, 9.17) is 9.47 Å². The molecular weight excluding hydrogens is 382 g/mol. The highest BCUT2D eigenvalue weighted by Gasteiger charge is 2.35. The lowest BCUT2D eigenvalue weighted by Gasteiger charge is -2.36. The van der Waals surface area contributed by atoms with Crippen molar-refractivity contribution in [3.63, 3.8) is 0 Å². The molecule has 2 aliphatic heterocycles. The zero-order valence-electron chi connectivity index (χ0n) is 18.2. The molecule has 2 atom stereocenters. The number of piperidine rings is 1. The Morgan fingerprint density at radius 1 is 1.17 bits per heavy atom. The topological polar surface area (TPSA) is 91.7 Å². The number of nitrogens with zero attached hydrogens (tertiary/aromatic N) is 2. The molecule has 162 valence electrons. The van der Waals surface area contributed by atoms with E-state index in [0.29, 0.717) is 56.2 Å². The number of carbonyl (C=O) groups is 2. The number of hydrogen-bond acceptors (Lipinski definition) is 6. The second-order valence-corrected chi connectivity index (χ2v) is 8.67. The number of ether oxygens (including phenoxy) is 2. The molecule has 0 saturated carbocycles. The van der Waals surface area contributed by atoms with Crippen molar-refractivity contribution < 1.29 is 19.1 Å². The molecule has 2 aliphatic rings. The van der Waals surface area contributed by atoms with Crippen molar-refractivity contribution in [1.82, 2.24) is 10.2 Å². The fourth-order valence-electron chi connectivity index (χ4n) is 3.81. The monoisotopic (exact) mass is 413 g/mol. The van der Waals surface area contributed by atoms with Gasteiger partial charge in [-0.15, -0.1) is 0 Å². The van der Waals surface area contributed by atoms with Crippen LogP contribution in [0.4, 0.5) is 0 Å². The zero-order valence-corrected chi connectivity index (χ0v) is 18.2. The first kappa shape index (κ1) is 22.1. The van der Waals surface area contributed by atoms with Crippen molar-refractivity contribution in [2.45, 2.75) is 52.1 Å². The minimum atomic E-state index is -0.891. The Balaban J connectivity index is 1.57. The first-order valence-electron chi connectivity index (χ1n) is 10.7. The maximum atomic E-state index is 13.0. The van der Waals surface area contributed by atoms with Crippen LogP contribution in [0.5, 0.6) is 11.5 Å². The molecule has 0 aliphatic carbocycles. The van der Waals surface area contributed by atoms with Crippen LogP contribution in [-0.2, 0) is 4.79 Å². The minimum Gasteiger partial charge on any atom is -0.486 e. The molecule has 1 aromatic carbocycles.